The molecule has 0 aromatic heterocycles. The standard InChI is InChI=1S/C19H22N2O6S/c1-12-6-7-14(19(23)27-5)10-15(12)20-18(22)13-8-9-16(26-4)17(11-13)28(24,25)21(2)3/h6-11H,1-5H3,(H,20,22). The number of amides is 1. The monoisotopic (exact) mass is 406 g/mol. The largest absolute Gasteiger partial charge is 0.495 e. The van der Waals surface area contributed by atoms with Crippen LogP contribution in [0.25, 0.3) is 0 Å². The van der Waals surface area contributed by atoms with Crippen LogP contribution in [0.1, 0.15) is 26.3 Å². The predicted molar refractivity (Wildman–Crippen MR) is 104 cm³/mol. The zero-order valence-corrected chi connectivity index (χ0v) is 17.1. The van der Waals surface area contributed by atoms with Gasteiger partial charge in [-0.15, -0.1) is 0 Å². The molecule has 2 aromatic rings. The molecule has 0 bridgehead atoms. The average molecular weight is 406 g/mol. The Bertz CT molecular complexity index is 1020. The number of rotatable bonds is 6. The van der Waals surface area contributed by atoms with Gasteiger partial charge in [0.15, 0.2) is 0 Å². The number of carbonyl (C=O) groups is 2. The summed E-state index contributed by atoms with van der Waals surface area (Å²) in [5, 5.41) is 2.70. The summed E-state index contributed by atoms with van der Waals surface area (Å²) in [5.41, 5.74) is 1.56. The molecule has 0 fully saturated rings. The molecular weight excluding hydrogens is 384 g/mol. The molecule has 0 aliphatic rings. The van der Waals surface area contributed by atoms with Crippen molar-refractivity contribution >= 4 is 27.6 Å². The van der Waals surface area contributed by atoms with E-state index in [1.54, 1.807) is 19.1 Å². The molecule has 0 spiro atoms. The second-order valence-electron chi connectivity index (χ2n) is 6.13. The highest BCUT2D eigenvalue weighted by Gasteiger charge is 2.24. The molecule has 0 heterocycles. The second-order valence-corrected chi connectivity index (χ2v) is 8.25. The van der Waals surface area contributed by atoms with Crippen LogP contribution in [0.2, 0.25) is 0 Å². The first kappa shape index (κ1) is 21.4. The van der Waals surface area contributed by atoms with E-state index in [4.69, 9.17) is 4.74 Å². The summed E-state index contributed by atoms with van der Waals surface area (Å²) in [5.74, 6) is -0.920. The van der Waals surface area contributed by atoms with Crippen LogP contribution in [-0.2, 0) is 14.8 Å². The minimum atomic E-state index is -3.81. The number of sulfonamides is 1. The Balaban J connectivity index is 2.42. The molecule has 0 unspecified atom stereocenters. The zero-order chi connectivity index (χ0) is 21.1. The minimum absolute atomic E-state index is 0.118. The third-order valence-electron chi connectivity index (χ3n) is 4.09. The number of aryl methyl sites for hydroxylation is 1. The van der Waals surface area contributed by atoms with Crippen LogP contribution in [0.3, 0.4) is 0 Å². The molecule has 1 amide bonds. The van der Waals surface area contributed by atoms with Crippen molar-refractivity contribution in [3.8, 4) is 5.75 Å². The van der Waals surface area contributed by atoms with Crippen LogP contribution >= 0.6 is 0 Å². The van der Waals surface area contributed by atoms with Crippen molar-refractivity contribution < 1.29 is 27.5 Å². The van der Waals surface area contributed by atoms with Crippen LogP contribution in [0, 0.1) is 6.92 Å². The van der Waals surface area contributed by atoms with Gasteiger partial charge in [-0.05, 0) is 42.8 Å². The summed E-state index contributed by atoms with van der Waals surface area (Å²) in [6, 6.07) is 8.90. The number of carbonyl (C=O) groups excluding carboxylic acids is 2. The lowest BCUT2D eigenvalue weighted by Crippen LogP contribution is -2.23. The van der Waals surface area contributed by atoms with Crippen LogP contribution in [0.4, 0.5) is 5.69 Å². The lowest BCUT2D eigenvalue weighted by atomic mass is 10.1. The van der Waals surface area contributed by atoms with E-state index in [9.17, 15) is 18.0 Å². The van der Waals surface area contributed by atoms with E-state index < -0.39 is 21.9 Å². The van der Waals surface area contributed by atoms with E-state index in [2.05, 4.69) is 10.1 Å². The molecule has 0 saturated carbocycles. The third kappa shape index (κ3) is 4.32. The third-order valence-corrected chi connectivity index (χ3v) is 5.93. The molecule has 0 aliphatic carbocycles. The van der Waals surface area contributed by atoms with Gasteiger partial charge in [0.2, 0.25) is 10.0 Å². The number of esters is 1. The lowest BCUT2D eigenvalue weighted by Gasteiger charge is -2.16. The number of hydrogen-bond acceptors (Lipinski definition) is 6. The zero-order valence-electron chi connectivity index (χ0n) is 16.3. The molecule has 0 atom stereocenters. The van der Waals surface area contributed by atoms with Gasteiger partial charge >= 0.3 is 5.97 Å². The fraction of sp³-hybridized carbons (Fsp3) is 0.263. The van der Waals surface area contributed by atoms with Crippen molar-refractivity contribution in [2.75, 3.05) is 33.6 Å². The van der Waals surface area contributed by atoms with Gasteiger partial charge in [-0.2, -0.15) is 0 Å². The van der Waals surface area contributed by atoms with Gasteiger partial charge < -0.3 is 14.8 Å². The second kappa shape index (κ2) is 8.41. The molecule has 28 heavy (non-hydrogen) atoms. The van der Waals surface area contributed by atoms with Gasteiger partial charge in [-0.25, -0.2) is 17.5 Å². The van der Waals surface area contributed by atoms with Crippen molar-refractivity contribution in [2.45, 2.75) is 11.8 Å². The minimum Gasteiger partial charge on any atom is -0.495 e. The molecule has 8 nitrogen and oxygen atoms in total. The van der Waals surface area contributed by atoms with Crippen LogP contribution in [0.5, 0.6) is 5.75 Å². The van der Waals surface area contributed by atoms with Gasteiger partial charge in [-0.1, -0.05) is 6.07 Å². The molecule has 0 aliphatic heterocycles. The lowest BCUT2D eigenvalue weighted by molar-refractivity contribution is 0.0600. The number of ether oxygens (including phenoxy) is 2. The summed E-state index contributed by atoms with van der Waals surface area (Å²) >= 11 is 0. The highest BCUT2D eigenvalue weighted by molar-refractivity contribution is 7.89. The fourth-order valence-electron chi connectivity index (χ4n) is 2.41. The van der Waals surface area contributed by atoms with Crippen molar-refractivity contribution in [3.05, 3.63) is 53.1 Å². The maximum absolute atomic E-state index is 12.7. The molecular formula is C19H22N2O6S. The Labute approximate surface area is 164 Å². The molecule has 0 radical (unpaired) electrons. The van der Waals surface area contributed by atoms with Crippen molar-refractivity contribution in [1.29, 1.82) is 0 Å². The molecule has 2 rings (SSSR count). The molecule has 1 N–H and O–H groups in total. The topological polar surface area (TPSA) is 102 Å². The summed E-state index contributed by atoms with van der Waals surface area (Å²) in [6.45, 7) is 1.77. The van der Waals surface area contributed by atoms with Crippen LogP contribution < -0.4 is 10.1 Å². The first-order valence-corrected chi connectivity index (χ1v) is 9.66. The van der Waals surface area contributed by atoms with E-state index >= 15 is 0 Å². The molecule has 2 aromatic carbocycles. The van der Waals surface area contributed by atoms with E-state index in [0.717, 1.165) is 9.87 Å². The summed E-state index contributed by atoms with van der Waals surface area (Å²) in [6.07, 6.45) is 0. The Kier molecular flexibility index (Phi) is 6.42. The first-order valence-electron chi connectivity index (χ1n) is 8.22. The van der Waals surface area contributed by atoms with Gasteiger partial charge in [0.05, 0.1) is 19.8 Å². The molecule has 150 valence electrons. The Hall–Kier alpha value is -2.91. The van der Waals surface area contributed by atoms with Crippen molar-refractivity contribution in [1.82, 2.24) is 4.31 Å². The van der Waals surface area contributed by atoms with E-state index in [1.807, 2.05) is 0 Å². The number of methoxy groups -OCH3 is 2. The summed E-state index contributed by atoms with van der Waals surface area (Å²) in [4.78, 5) is 24.3. The predicted octanol–water partition coefficient (Wildman–Crippen LogP) is 2.29. The maximum atomic E-state index is 12.7. The smallest absolute Gasteiger partial charge is 0.337 e. The Morgan fingerprint density at radius 3 is 2.21 bits per heavy atom. The summed E-state index contributed by atoms with van der Waals surface area (Å²) < 4.78 is 35.9. The summed E-state index contributed by atoms with van der Waals surface area (Å²) in [7, 11) is 1.59. The SMILES string of the molecule is COC(=O)c1ccc(C)c(NC(=O)c2ccc(OC)c(S(=O)(=O)N(C)C)c2)c1. The molecule has 9 heteroatoms. The number of hydrogen-bond donors (Lipinski definition) is 1. The van der Waals surface area contributed by atoms with Crippen LogP contribution in [-0.4, -0.2) is 52.9 Å². The molecule has 0 saturated heterocycles. The maximum Gasteiger partial charge on any atom is 0.337 e. The average Bonchev–Trinajstić information content (AvgIpc) is 2.68. The Morgan fingerprint density at radius 1 is 1.00 bits per heavy atom. The van der Waals surface area contributed by atoms with Crippen molar-refractivity contribution in [2.24, 2.45) is 0 Å². The number of anilines is 1. The van der Waals surface area contributed by atoms with Gasteiger partial charge in [0.25, 0.3) is 5.91 Å². The Morgan fingerprint density at radius 2 is 1.64 bits per heavy atom. The van der Waals surface area contributed by atoms with Gasteiger partial charge in [0.1, 0.15) is 10.6 Å². The van der Waals surface area contributed by atoms with E-state index in [0.29, 0.717) is 5.69 Å². The normalized spacial score (nSPS) is 11.2. The highest BCUT2D eigenvalue weighted by atomic mass is 32.2. The fourth-order valence-corrected chi connectivity index (χ4v) is 3.49. The van der Waals surface area contributed by atoms with E-state index in [-0.39, 0.29) is 21.8 Å². The van der Waals surface area contributed by atoms with Gasteiger partial charge in [0, 0.05) is 25.3 Å². The van der Waals surface area contributed by atoms with Crippen molar-refractivity contribution in [3.63, 3.8) is 0 Å². The quantitative estimate of drug-likeness (QED) is 0.739. The van der Waals surface area contributed by atoms with Gasteiger partial charge in [-0.3, -0.25) is 4.79 Å². The van der Waals surface area contributed by atoms with Crippen LogP contribution in [0.15, 0.2) is 41.3 Å². The number of nitrogens with one attached hydrogen (secondary N) is 1. The highest BCUT2D eigenvalue weighted by Crippen LogP contribution is 2.27. The number of nitrogens with zero attached hydrogens (tertiary/aromatic N) is 1. The number of benzene rings is 2. The first-order chi connectivity index (χ1) is 13.1. The van der Waals surface area contributed by atoms with E-state index in [1.165, 1.54) is 52.6 Å².